The summed E-state index contributed by atoms with van der Waals surface area (Å²) >= 11 is 0. The molecular formula is C27H26F2N2O3. The van der Waals surface area contributed by atoms with Crippen LogP contribution in [0.5, 0.6) is 0 Å². The van der Waals surface area contributed by atoms with Crippen molar-refractivity contribution < 1.29 is 23.1 Å². The first-order chi connectivity index (χ1) is 16.3. The number of carbonyl (C=O) groups excluding carboxylic acids is 2. The molecule has 0 bridgehead atoms. The van der Waals surface area contributed by atoms with Crippen molar-refractivity contribution in [3.05, 3.63) is 95.6 Å². The second-order valence-corrected chi connectivity index (χ2v) is 8.56. The van der Waals surface area contributed by atoms with E-state index in [-0.39, 0.29) is 12.2 Å². The van der Waals surface area contributed by atoms with Crippen LogP contribution in [0, 0.1) is 11.6 Å². The molecule has 2 atom stereocenters. The van der Waals surface area contributed by atoms with E-state index in [9.17, 15) is 18.4 Å². The summed E-state index contributed by atoms with van der Waals surface area (Å²) in [6, 6.07) is 19.3. The van der Waals surface area contributed by atoms with Crippen LogP contribution < -0.4 is 5.73 Å². The predicted molar refractivity (Wildman–Crippen MR) is 125 cm³/mol. The number of carbonyl (C=O) groups is 2. The second-order valence-electron chi connectivity index (χ2n) is 8.56. The number of primary amides is 1. The van der Waals surface area contributed by atoms with Gasteiger partial charge < -0.3 is 15.4 Å². The Morgan fingerprint density at radius 2 is 1.79 bits per heavy atom. The van der Waals surface area contributed by atoms with Crippen molar-refractivity contribution in [2.24, 2.45) is 5.73 Å². The van der Waals surface area contributed by atoms with Crippen molar-refractivity contribution in [1.29, 1.82) is 0 Å². The van der Waals surface area contributed by atoms with Crippen LogP contribution in [0.2, 0.25) is 0 Å². The molecule has 0 unspecified atom stereocenters. The second kappa shape index (κ2) is 9.63. The summed E-state index contributed by atoms with van der Waals surface area (Å²) < 4.78 is 34.1. The van der Waals surface area contributed by atoms with Crippen LogP contribution in [0.4, 0.5) is 13.6 Å². The Hall–Kier alpha value is -3.74. The lowest BCUT2D eigenvalue weighted by molar-refractivity contribution is -0.121. The maximum absolute atomic E-state index is 14.9. The minimum absolute atomic E-state index is 0.0911. The summed E-state index contributed by atoms with van der Waals surface area (Å²) in [6.07, 6.45) is 0.320. The Kier molecular flexibility index (Phi) is 6.63. The minimum Gasteiger partial charge on any atom is -0.438 e. The lowest BCUT2D eigenvalue weighted by atomic mass is 9.84. The van der Waals surface area contributed by atoms with Crippen molar-refractivity contribution in [3.63, 3.8) is 0 Å². The van der Waals surface area contributed by atoms with Crippen LogP contribution in [0.15, 0.2) is 72.8 Å². The quantitative estimate of drug-likeness (QED) is 0.488. The SMILES string of the molecule is C[C@@H](c1ccc(-c2ccc(F)cc2)c(F)c1)N1CC[C@](CCC(N)=O)(c2ccccc2)OC1=O. The third-order valence-corrected chi connectivity index (χ3v) is 6.45. The van der Waals surface area contributed by atoms with Crippen molar-refractivity contribution in [2.45, 2.75) is 37.8 Å². The zero-order valence-electron chi connectivity index (χ0n) is 18.8. The van der Waals surface area contributed by atoms with Crippen LogP contribution in [0.3, 0.4) is 0 Å². The largest absolute Gasteiger partial charge is 0.438 e. The molecule has 1 heterocycles. The highest BCUT2D eigenvalue weighted by Crippen LogP contribution is 2.40. The molecule has 1 saturated heterocycles. The maximum Gasteiger partial charge on any atom is 0.411 e. The van der Waals surface area contributed by atoms with E-state index in [0.717, 1.165) is 5.56 Å². The number of hydrogen-bond donors (Lipinski definition) is 1. The summed E-state index contributed by atoms with van der Waals surface area (Å²) in [6.45, 7) is 2.18. The lowest BCUT2D eigenvalue weighted by Gasteiger charge is -2.43. The van der Waals surface area contributed by atoms with Crippen molar-refractivity contribution in [3.8, 4) is 11.1 Å². The fourth-order valence-electron chi connectivity index (χ4n) is 4.45. The molecule has 0 saturated carbocycles. The molecule has 1 aliphatic heterocycles. The number of benzene rings is 3. The molecule has 2 N–H and O–H groups in total. The van der Waals surface area contributed by atoms with E-state index in [0.29, 0.717) is 36.1 Å². The van der Waals surface area contributed by atoms with Crippen LogP contribution >= 0.6 is 0 Å². The number of amides is 2. The molecule has 3 aromatic carbocycles. The van der Waals surface area contributed by atoms with Gasteiger partial charge in [-0.05, 0) is 41.8 Å². The van der Waals surface area contributed by atoms with E-state index >= 15 is 0 Å². The highest BCUT2D eigenvalue weighted by atomic mass is 19.1. The molecule has 176 valence electrons. The predicted octanol–water partition coefficient (Wildman–Crippen LogP) is 5.70. The zero-order chi connectivity index (χ0) is 24.3. The van der Waals surface area contributed by atoms with Crippen molar-refractivity contribution in [1.82, 2.24) is 4.90 Å². The summed E-state index contributed by atoms with van der Waals surface area (Å²) in [5.41, 5.74) is 6.77. The van der Waals surface area contributed by atoms with Crippen LogP contribution in [0.25, 0.3) is 11.1 Å². The molecule has 34 heavy (non-hydrogen) atoms. The fraction of sp³-hybridized carbons (Fsp3) is 0.259. The van der Waals surface area contributed by atoms with Gasteiger partial charge in [0.1, 0.15) is 17.2 Å². The summed E-state index contributed by atoms with van der Waals surface area (Å²) in [4.78, 5) is 26.1. The third kappa shape index (κ3) is 4.78. The van der Waals surface area contributed by atoms with Gasteiger partial charge in [0.25, 0.3) is 0 Å². The minimum atomic E-state index is -0.943. The molecule has 7 heteroatoms. The van der Waals surface area contributed by atoms with Crippen molar-refractivity contribution in [2.75, 3.05) is 6.54 Å². The van der Waals surface area contributed by atoms with Gasteiger partial charge in [-0.25, -0.2) is 13.6 Å². The van der Waals surface area contributed by atoms with E-state index in [1.165, 1.54) is 30.3 Å². The number of nitrogens with zero attached hydrogens (tertiary/aromatic N) is 1. The van der Waals surface area contributed by atoms with Crippen LogP contribution in [-0.2, 0) is 15.1 Å². The Labute approximate surface area is 197 Å². The first kappa shape index (κ1) is 23.4. The number of ether oxygens (including phenoxy) is 1. The highest BCUT2D eigenvalue weighted by molar-refractivity contribution is 5.74. The van der Waals surface area contributed by atoms with Gasteiger partial charge in [-0.15, -0.1) is 0 Å². The normalized spacial score (nSPS) is 18.9. The van der Waals surface area contributed by atoms with E-state index in [2.05, 4.69) is 0 Å². The van der Waals surface area contributed by atoms with Gasteiger partial charge in [-0.3, -0.25) is 4.79 Å². The van der Waals surface area contributed by atoms with Gasteiger partial charge in [0.15, 0.2) is 0 Å². The standard InChI is InChI=1S/C27H26F2N2O3/c1-18(20-9-12-23(24(29)17-20)19-7-10-22(28)11-8-19)31-16-15-27(34-26(31)33,14-13-25(30)32)21-5-3-2-4-6-21/h2-12,17-18H,13-16H2,1H3,(H2,30,32)/t18-,27+/m0/s1. The topological polar surface area (TPSA) is 72.6 Å². The summed E-state index contributed by atoms with van der Waals surface area (Å²) in [5.74, 6) is -1.30. The van der Waals surface area contributed by atoms with E-state index < -0.39 is 29.5 Å². The van der Waals surface area contributed by atoms with Gasteiger partial charge in [0.05, 0.1) is 6.04 Å². The summed E-state index contributed by atoms with van der Waals surface area (Å²) in [5, 5.41) is 0. The van der Waals surface area contributed by atoms with Gasteiger partial charge in [0.2, 0.25) is 5.91 Å². The molecule has 1 aliphatic rings. The molecule has 5 nitrogen and oxygen atoms in total. The number of rotatable bonds is 7. The van der Waals surface area contributed by atoms with Gasteiger partial charge in [0, 0.05) is 31.4 Å². The Morgan fingerprint density at radius 3 is 2.41 bits per heavy atom. The number of hydrogen-bond acceptors (Lipinski definition) is 3. The van der Waals surface area contributed by atoms with E-state index in [1.54, 1.807) is 17.0 Å². The van der Waals surface area contributed by atoms with Crippen LogP contribution in [-0.4, -0.2) is 23.4 Å². The molecular weight excluding hydrogens is 438 g/mol. The first-order valence-corrected chi connectivity index (χ1v) is 11.2. The molecule has 0 radical (unpaired) electrons. The number of cyclic esters (lactones) is 1. The first-order valence-electron chi connectivity index (χ1n) is 11.2. The van der Waals surface area contributed by atoms with E-state index in [4.69, 9.17) is 10.5 Å². The van der Waals surface area contributed by atoms with Crippen molar-refractivity contribution >= 4 is 12.0 Å². The number of nitrogens with two attached hydrogens (primary N) is 1. The summed E-state index contributed by atoms with van der Waals surface area (Å²) in [7, 11) is 0. The molecule has 0 aromatic heterocycles. The highest BCUT2D eigenvalue weighted by Gasteiger charge is 2.43. The van der Waals surface area contributed by atoms with Crippen LogP contribution in [0.1, 0.15) is 43.4 Å². The Bertz CT molecular complexity index is 1180. The maximum atomic E-state index is 14.9. The smallest absolute Gasteiger partial charge is 0.411 e. The molecule has 3 aromatic rings. The zero-order valence-corrected chi connectivity index (χ0v) is 18.8. The number of halogens is 2. The molecule has 4 rings (SSSR count). The third-order valence-electron chi connectivity index (χ3n) is 6.45. The van der Waals surface area contributed by atoms with Gasteiger partial charge in [-0.1, -0.05) is 54.6 Å². The van der Waals surface area contributed by atoms with Gasteiger partial charge >= 0.3 is 6.09 Å². The van der Waals surface area contributed by atoms with E-state index in [1.807, 2.05) is 37.3 Å². The lowest BCUT2D eigenvalue weighted by Crippen LogP contribution is -2.49. The molecule has 1 fully saturated rings. The monoisotopic (exact) mass is 464 g/mol. The fourth-order valence-corrected chi connectivity index (χ4v) is 4.45. The average Bonchev–Trinajstić information content (AvgIpc) is 2.83. The average molecular weight is 465 g/mol. The molecule has 0 aliphatic carbocycles. The Morgan fingerprint density at radius 1 is 1.09 bits per heavy atom. The van der Waals surface area contributed by atoms with Gasteiger partial charge in [-0.2, -0.15) is 0 Å². The Balaban J connectivity index is 1.54. The molecule has 2 amide bonds. The molecule has 0 spiro atoms.